The van der Waals surface area contributed by atoms with Gasteiger partial charge in [-0.3, -0.25) is 9.20 Å². The van der Waals surface area contributed by atoms with E-state index >= 15 is 0 Å². The van der Waals surface area contributed by atoms with E-state index in [0.717, 1.165) is 17.7 Å². The van der Waals surface area contributed by atoms with E-state index in [2.05, 4.69) is 15.5 Å². The fourth-order valence-corrected chi connectivity index (χ4v) is 2.55. The number of pyridine rings is 1. The molecule has 4 rings (SSSR count). The Hall–Kier alpha value is -3.55. The summed E-state index contributed by atoms with van der Waals surface area (Å²) in [6.45, 7) is 0.0742. The minimum Gasteiger partial charge on any atom is -0.472 e. The van der Waals surface area contributed by atoms with Gasteiger partial charge in [0.1, 0.15) is 6.26 Å². The van der Waals surface area contributed by atoms with Crippen molar-refractivity contribution in [2.75, 3.05) is 0 Å². The van der Waals surface area contributed by atoms with Crippen LogP contribution in [0.25, 0.3) is 17.0 Å². The van der Waals surface area contributed by atoms with E-state index in [0.29, 0.717) is 22.6 Å². The maximum absolute atomic E-state index is 13.2. The Morgan fingerprint density at radius 2 is 2.00 bits per heavy atom. The summed E-state index contributed by atoms with van der Waals surface area (Å²) in [4.78, 5) is 12.4. The lowest BCUT2D eigenvalue weighted by molar-refractivity contribution is 0.0950. The number of rotatable bonds is 4. The standard InChI is InChI=1S/C18H12F2N4O2/c19-14-3-1-11(7-15(14)20)8-21-18(25)12-2-4-16-22-23-17(24(16)9-12)13-5-6-26-10-13/h1-7,9-10H,8H2,(H,21,25). The van der Waals surface area contributed by atoms with Crippen molar-refractivity contribution in [2.45, 2.75) is 6.54 Å². The summed E-state index contributed by atoms with van der Waals surface area (Å²) >= 11 is 0. The third kappa shape index (κ3) is 2.92. The van der Waals surface area contributed by atoms with Crippen LogP contribution in [0.4, 0.5) is 8.78 Å². The molecular formula is C18H12F2N4O2. The zero-order chi connectivity index (χ0) is 18.1. The molecule has 4 aromatic rings. The van der Waals surface area contributed by atoms with E-state index < -0.39 is 11.6 Å². The predicted molar refractivity (Wildman–Crippen MR) is 88.2 cm³/mol. The molecule has 3 aromatic heterocycles. The highest BCUT2D eigenvalue weighted by Gasteiger charge is 2.13. The first-order valence-electron chi connectivity index (χ1n) is 7.71. The van der Waals surface area contributed by atoms with Gasteiger partial charge in [-0.05, 0) is 35.9 Å². The Morgan fingerprint density at radius 1 is 1.12 bits per heavy atom. The number of nitrogens with one attached hydrogen (secondary N) is 1. The first-order chi connectivity index (χ1) is 12.6. The Kier molecular flexibility index (Phi) is 3.92. The molecule has 3 heterocycles. The molecule has 26 heavy (non-hydrogen) atoms. The van der Waals surface area contributed by atoms with E-state index in [1.807, 2.05) is 0 Å². The van der Waals surface area contributed by atoms with Crippen molar-refractivity contribution in [3.05, 3.63) is 77.9 Å². The largest absolute Gasteiger partial charge is 0.472 e. The molecule has 1 aromatic carbocycles. The van der Waals surface area contributed by atoms with Crippen molar-refractivity contribution in [1.29, 1.82) is 0 Å². The fraction of sp³-hybridized carbons (Fsp3) is 0.0556. The number of aromatic nitrogens is 3. The van der Waals surface area contributed by atoms with Gasteiger partial charge in [0.25, 0.3) is 5.91 Å². The van der Waals surface area contributed by atoms with Gasteiger partial charge < -0.3 is 9.73 Å². The summed E-state index contributed by atoms with van der Waals surface area (Å²) in [7, 11) is 0. The Labute approximate surface area is 146 Å². The molecule has 130 valence electrons. The van der Waals surface area contributed by atoms with E-state index in [1.54, 1.807) is 28.8 Å². The highest BCUT2D eigenvalue weighted by atomic mass is 19.2. The zero-order valence-corrected chi connectivity index (χ0v) is 13.3. The molecule has 0 fully saturated rings. The molecular weight excluding hydrogens is 342 g/mol. The van der Waals surface area contributed by atoms with Crippen LogP contribution in [-0.2, 0) is 6.54 Å². The quantitative estimate of drug-likeness (QED) is 0.611. The molecule has 0 atom stereocenters. The van der Waals surface area contributed by atoms with Gasteiger partial charge in [0.2, 0.25) is 0 Å². The lowest BCUT2D eigenvalue weighted by atomic mass is 10.2. The topological polar surface area (TPSA) is 72.4 Å². The minimum absolute atomic E-state index is 0.0742. The van der Waals surface area contributed by atoms with Gasteiger partial charge in [0.05, 0.1) is 17.4 Å². The summed E-state index contributed by atoms with van der Waals surface area (Å²) in [6.07, 6.45) is 4.67. The lowest BCUT2D eigenvalue weighted by Gasteiger charge is -2.07. The fourth-order valence-electron chi connectivity index (χ4n) is 2.55. The molecule has 0 bridgehead atoms. The summed E-state index contributed by atoms with van der Waals surface area (Å²) in [5, 5.41) is 10.8. The van der Waals surface area contributed by atoms with Crippen LogP contribution in [0.2, 0.25) is 0 Å². The highest BCUT2D eigenvalue weighted by Crippen LogP contribution is 2.19. The van der Waals surface area contributed by atoms with Crippen molar-refractivity contribution in [2.24, 2.45) is 0 Å². The molecule has 0 spiro atoms. The second-order valence-electron chi connectivity index (χ2n) is 5.61. The average molecular weight is 354 g/mol. The Balaban J connectivity index is 1.56. The van der Waals surface area contributed by atoms with E-state index in [1.165, 1.54) is 18.6 Å². The third-order valence-corrected chi connectivity index (χ3v) is 3.88. The highest BCUT2D eigenvalue weighted by molar-refractivity contribution is 5.94. The van der Waals surface area contributed by atoms with Crippen LogP contribution in [0.5, 0.6) is 0 Å². The van der Waals surface area contributed by atoms with Crippen molar-refractivity contribution < 1.29 is 18.0 Å². The number of benzene rings is 1. The second kappa shape index (κ2) is 6.40. The maximum Gasteiger partial charge on any atom is 0.253 e. The maximum atomic E-state index is 13.2. The lowest BCUT2D eigenvalue weighted by Crippen LogP contribution is -2.23. The summed E-state index contributed by atoms with van der Waals surface area (Å²) in [6, 6.07) is 8.52. The van der Waals surface area contributed by atoms with Crippen LogP contribution in [0, 0.1) is 11.6 Å². The molecule has 0 radical (unpaired) electrons. The van der Waals surface area contributed by atoms with Gasteiger partial charge in [-0.15, -0.1) is 10.2 Å². The molecule has 0 aliphatic rings. The number of carbonyl (C=O) groups excluding carboxylic acids is 1. The number of carbonyl (C=O) groups is 1. The number of hydrogen-bond donors (Lipinski definition) is 1. The molecule has 0 unspecified atom stereocenters. The molecule has 0 saturated heterocycles. The molecule has 1 N–H and O–H groups in total. The number of halogens is 2. The van der Waals surface area contributed by atoms with Crippen molar-refractivity contribution in [1.82, 2.24) is 19.9 Å². The average Bonchev–Trinajstić information content (AvgIpc) is 3.30. The molecule has 0 saturated carbocycles. The third-order valence-electron chi connectivity index (χ3n) is 3.88. The van der Waals surface area contributed by atoms with Gasteiger partial charge in [0.15, 0.2) is 23.1 Å². The number of fused-ring (bicyclic) bond motifs is 1. The number of nitrogens with zero attached hydrogens (tertiary/aromatic N) is 3. The normalized spacial score (nSPS) is 11.0. The van der Waals surface area contributed by atoms with Gasteiger partial charge in [-0.25, -0.2) is 8.78 Å². The van der Waals surface area contributed by atoms with Gasteiger partial charge in [0, 0.05) is 12.7 Å². The molecule has 0 aliphatic carbocycles. The number of furan rings is 1. The second-order valence-corrected chi connectivity index (χ2v) is 5.61. The van der Waals surface area contributed by atoms with E-state index in [9.17, 15) is 13.6 Å². The van der Waals surface area contributed by atoms with Crippen LogP contribution in [0.3, 0.4) is 0 Å². The Morgan fingerprint density at radius 3 is 2.77 bits per heavy atom. The van der Waals surface area contributed by atoms with Crippen molar-refractivity contribution >= 4 is 11.6 Å². The molecule has 0 aliphatic heterocycles. The van der Waals surface area contributed by atoms with Gasteiger partial charge in [-0.1, -0.05) is 6.07 Å². The van der Waals surface area contributed by atoms with Crippen LogP contribution < -0.4 is 5.32 Å². The van der Waals surface area contributed by atoms with Gasteiger partial charge in [-0.2, -0.15) is 0 Å². The van der Waals surface area contributed by atoms with Crippen LogP contribution in [-0.4, -0.2) is 20.5 Å². The monoisotopic (exact) mass is 354 g/mol. The molecule has 8 heteroatoms. The number of amides is 1. The predicted octanol–water partition coefficient (Wildman–Crippen LogP) is 3.20. The van der Waals surface area contributed by atoms with Crippen molar-refractivity contribution in [3.63, 3.8) is 0 Å². The summed E-state index contributed by atoms with van der Waals surface area (Å²) < 4.78 is 32.9. The number of hydrogen-bond acceptors (Lipinski definition) is 4. The summed E-state index contributed by atoms with van der Waals surface area (Å²) in [5.41, 5.74) is 2.15. The SMILES string of the molecule is O=C(NCc1ccc(F)c(F)c1)c1ccc2nnc(-c3ccoc3)n2c1. The molecule has 1 amide bonds. The van der Waals surface area contributed by atoms with E-state index in [-0.39, 0.29) is 12.5 Å². The Bertz CT molecular complexity index is 1090. The molecule has 6 nitrogen and oxygen atoms in total. The van der Waals surface area contributed by atoms with E-state index in [4.69, 9.17) is 4.42 Å². The van der Waals surface area contributed by atoms with Crippen LogP contribution in [0.1, 0.15) is 15.9 Å². The van der Waals surface area contributed by atoms with Crippen LogP contribution >= 0.6 is 0 Å². The van der Waals surface area contributed by atoms with Crippen LogP contribution in [0.15, 0.2) is 59.5 Å². The van der Waals surface area contributed by atoms with Gasteiger partial charge >= 0.3 is 0 Å². The first kappa shape index (κ1) is 15.9. The minimum atomic E-state index is -0.951. The zero-order valence-electron chi connectivity index (χ0n) is 13.3. The first-order valence-corrected chi connectivity index (χ1v) is 7.71. The summed E-state index contributed by atoms with van der Waals surface area (Å²) in [5.74, 6) is -1.69. The van der Waals surface area contributed by atoms with Crippen molar-refractivity contribution in [3.8, 4) is 11.4 Å². The smallest absolute Gasteiger partial charge is 0.253 e.